The van der Waals surface area contributed by atoms with Crippen molar-refractivity contribution in [1.82, 2.24) is 0 Å². The van der Waals surface area contributed by atoms with Gasteiger partial charge in [-0.1, -0.05) is 142 Å². The van der Waals surface area contributed by atoms with Crippen molar-refractivity contribution in [3.63, 3.8) is 0 Å². The van der Waals surface area contributed by atoms with Crippen molar-refractivity contribution in [3.8, 4) is 0 Å². The zero-order valence-corrected chi connectivity index (χ0v) is 33.5. The Balaban J connectivity index is -0.000000328. The van der Waals surface area contributed by atoms with Crippen molar-refractivity contribution in [2.45, 2.75) is 180 Å². The van der Waals surface area contributed by atoms with Gasteiger partial charge in [0, 0.05) is 12.8 Å². The van der Waals surface area contributed by atoms with Gasteiger partial charge >= 0.3 is 0 Å². The molecule has 0 saturated heterocycles. The first kappa shape index (κ1) is 49.2. The molecule has 0 amide bonds. The lowest BCUT2D eigenvalue weighted by Gasteiger charge is -2.33. The minimum Gasteiger partial charge on any atom is -1.00 e. The third-order valence-corrected chi connectivity index (χ3v) is 8.85. The van der Waals surface area contributed by atoms with Crippen molar-refractivity contribution >= 4 is 0 Å². The van der Waals surface area contributed by atoms with E-state index >= 15 is 0 Å². The molecule has 0 aromatic rings. The number of unbranched alkanes of at least 4 members (excludes halogenated alkanes) is 18. The van der Waals surface area contributed by atoms with E-state index in [1.165, 1.54) is 141 Å². The molecule has 2 atom stereocenters. The molecule has 0 spiro atoms. The number of rotatable bonds is 28. The third-order valence-electron chi connectivity index (χ3n) is 8.85. The summed E-state index contributed by atoms with van der Waals surface area (Å²) in [6.07, 6.45) is 37.8. The average molecular weight is 725 g/mol. The van der Waals surface area contributed by atoms with Crippen LogP contribution in [0.4, 0.5) is 0 Å². The largest absolute Gasteiger partial charge is 1.00 e. The molecular weight excluding hydrogens is 644 g/mol. The fourth-order valence-electron chi connectivity index (χ4n) is 5.76. The molecule has 0 aliphatic rings. The maximum absolute atomic E-state index is 3.90. The van der Waals surface area contributed by atoms with Crippen LogP contribution in [0.5, 0.6) is 0 Å². The highest BCUT2D eigenvalue weighted by Gasteiger charge is 2.22. The van der Waals surface area contributed by atoms with Crippen LogP contribution in [0.1, 0.15) is 168 Å². The van der Waals surface area contributed by atoms with Crippen LogP contribution in [0, 0.1) is 0 Å². The molecular formula is C38H80Br2N2. The minimum absolute atomic E-state index is 0. The molecule has 0 rings (SSSR count). The van der Waals surface area contributed by atoms with Crippen LogP contribution in [0.2, 0.25) is 0 Å². The summed E-state index contributed by atoms with van der Waals surface area (Å²) in [6.45, 7) is 12.4. The van der Waals surface area contributed by atoms with E-state index in [4.69, 9.17) is 0 Å². The van der Waals surface area contributed by atoms with Gasteiger partial charge in [-0.25, -0.2) is 0 Å². The van der Waals surface area contributed by atoms with E-state index in [-0.39, 0.29) is 34.0 Å². The average Bonchev–Trinajstić information content (AvgIpc) is 2.88. The Morgan fingerprint density at radius 1 is 0.405 bits per heavy atom. The van der Waals surface area contributed by atoms with Crippen LogP contribution in [0.3, 0.4) is 0 Å². The van der Waals surface area contributed by atoms with Crippen molar-refractivity contribution in [2.24, 2.45) is 0 Å². The van der Waals surface area contributed by atoms with E-state index in [1.807, 2.05) is 0 Å². The zero-order valence-electron chi connectivity index (χ0n) is 30.3. The lowest BCUT2D eigenvalue weighted by atomic mass is 10.0. The highest BCUT2D eigenvalue weighted by atomic mass is 79.9. The fourth-order valence-corrected chi connectivity index (χ4v) is 5.76. The molecule has 0 heterocycles. The summed E-state index contributed by atoms with van der Waals surface area (Å²) in [5.74, 6) is 0. The molecule has 0 fully saturated rings. The standard InChI is InChI=1S/2C19H40N.2BrH/c2*1-6-8-9-10-11-12-13-14-15-16-18-19(17-7-2)20(3,4)5;;/h2*7,19H,2,6,8-18H2,1,3-5H3;2*1H/q2*+1;;/p-2. The first-order valence-electron chi connectivity index (χ1n) is 17.9. The van der Waals surface area contributed by atoms with Gasteiger partial charge in [-0.2, -0.15) is 0 Å². The van der Waals surface area contributed by atoms with Crippen molar-refractivity contribution in [3.05, 3.63) is 25.3 Å². The van der Waals surface area contributed by atoms with Crippen molar-refractivity contribution in [2.75, 3.05) is 42.3 Å². The molecule has 0 radical (unpaired) electrons. The van der Waals surface area contributed by atoms with Gasteiger partial charge in [0.2, 0.25) is 0 Å². The van der Waals surface area contributed by atoms with Crippen LogP contribution >= 0.6 is 0 Å². The molecule has 2 nitrogen and oxygen atoms in total. The molecule has 42 heavy (non-hydrogen) atoms. The fraction of sp³-hybridized carbons (Fsp3) is 0.895. The molecule has 0 aliphatic heterocycles. The summed E-state index contributed by atoms with van der Waals surface area (Å²) in [6, 6.07) is 1.50. The Bertz CT molecular complexity index is 488. The van der Waals surface area contributed by atoms with E-state index in [0.29, 0.717) is 0 Å². The molecule has 0 aromatic heterocycles. The van der Waals surface area contributed by atoms with E-state index in [9.17, 15) is 0 Å². The van der Waals surface area contributed by atoms with Gasteiger partial charge in [-0.15, -0.1) is 13.2 Å². The SMILES string of the molecule is C=CCC(CCCCCCCCCCCC)[N+](C)(C)C.C=CCC(CCCCCCCCCCCC)[N+](C)(C)C.[Br-].[Br-]. The van der Waals surface area contributed by atoms with Gasteiger partial charge in [0.15, 0.2) is 0 Å². The molecule has 0 aliphatic carbocycles. The second-order valence-electron chi connectivity index (χ2n) is 14.5. The number of quaternary nitrogens is 2. The topological polar surface area (TPSA) is 0 Å². The van der Waals surface area contributed by atoms with Crippen LogP contribution in [0.25, 0.3) is 0 Å². The summed E-state index contributed by atoms with van der Waals surface area (Å²) in [5, 5.41) is 0. The highest BCUT2D eigenvalue weighted by molar-refractivity contribution is 4.74. The summed E-state index contributed by atoms with van der Waals surface area (Å²) in [4.78, 5) is 0. The molecule has 0 saturated carbocycles. The van der Waals surface area contributed by atoms with Crippen molar-refractivity contribution in [1.29, 1.82) is 0 Å². The Morgan fingerprint density at radius 3 is 0.810 bits per heavy atom. The number of hydrogen-bond acceptors (Lipinski definition) is 0. The molecule has 2 unspecified atom stereocenters. The quantitative estimate of drug-likeness (QED) is 0.0536. The van der Waals surface area contributed by atoms with E-state index in [1.54, 1.807) is 0 Å². The highest BCUT2D eigenvalue weighted by Crippen LogP contribution is 2.19. The lowest BCUT2D eigenvalue weighted by molar-refractivity contribution is -0.896. The van der Waals surface area contributed by atoms with Gasteiger partial charge in [-0.3, -0.25) is 0 Å². The number of halogens is 2. The Labute approximate surface area is 289 Å². The van der Waals surface area contributed by atoms with Crippen LogP contribution in [-0.4, -0.2) is 63.3 Å². The summed E-state index contributed by atoms with van der Waals surface area (Å²) in [5.41, 5.74) is 0. The number of nitrogens with zero attached hydrogens (tertiary/aromatic N) is 2. The zero-order chi connectivity index (χ0) is 30.5. The molecule has 0 aromatic carbocycles. The Kier molecular flexibility index (Phi) is 40.1. The Hall–Kier alpha value is 0.360. The molecule has 0 bridgehead atoms. The van der Waals surface area contributed by atoms with Gasteiger partial charge in [0.1, 0.15) is 0 Å². The maximum Gasteiger partial charge on any atom is 0.0918 e. The van der Waals surface area contributed by atoms with Gasteiger partial charge in [0.05, 0.1) is 54.4 Å². The van der Waals surface area contributed by atoms with E-state index in [2.05, 4.69) is 81.4 Å². The van der Waals surface area contributed by atoms with Gasteiger partial charge in [0.25, 0.3) is 0 Å². The van der Waals surface area contributed by atoms with E-state index < -0.39 is 0 Å². The predicted octanol–water partition coefficient (Wildman–Crippen LogP) is 5.90. The van der Waals surface area contributed by atoms with Crippen molar-refractivity contribution < 1.29 is 42.9 Å². The summed E-state index contributed by atoms with van der Waals surface area (Å²) in [7, 11) is 13.9. The first-order chi connectivity index (χ1) is 19.0. The Morgan fingerprint density at radius 2 is 0.619 bits per heavy atom. The van der Waals surface area contributed by atoms with Gasteiger partial charge < -0.3 is 42.9 Å². The maximum atomic E-state index is 3.90. The summed E-state index contributed by atoms with van der Waals surface area (Å²) >= 11 is 0. The predicted molar refractivity (Wildman–Crippen MR) is 186 cm³/mol. The molecule has 0 N–H and O–H groups in total. The normalized spacial score (nSPS) is 12.8. The second-order valence-corrected chi connectivity index (χ2v) is 14.5. The second kappa shape index (κ2) is 34.2. The van der Waals surface area contributed by atoms with Crippen LogP contribution < -0.4 is 34.0 Å². The van der Waals surface area contributed by atoms with Crippen LogP contribution in [-0.2, 0) is 0 Å². The monoisotopic (exact) mass is 722 g/mol. The summed E-state index contributed by atoms with van der Waals surface area (Å²) < 4.78 is 2.15. The smallest absolute Gasteiger partial charge is 0.0918 e. The molecule has 4 heteroatoms. The van der Waals surface area contributed by atoms with E-state index in [0.717, 1.165) is 33.9 Å². The van der Waals surface area contributed by atoms with Gasteiger partial charge in [-0.05, 0) is 25.7 Å². The molecule has 256 valence electrons. The third kappa shape index (κ3) is 34.8. The minimum atomic E-state index is 0. The number of hydrogen-bond donors (Lipinski definition) is 0. The first-order valence-corrected chi connectivity index (χ1v) is 17.9. The van der Waals surface area contributed by atoms with Crippen LogP contribution in [0.15, 0.2) is 25.3 Å². The lowest BCUT2D eigenvalue weighted by Crippen LogP contribution is -3.00.